The number of carbonyl (C=O) groups is 3. The maximum Gasteiger partial charge on any atom is 0.471 e. The van der Waals surface area contributed by atoms with Gasteiger partial charge in [-0.15, -0.1) is 11.3 Å². The minimum atomic E-state index is -5.07. The van der Waals surface area contributed by atoms with Crippen molar-refractivity contribution >= 4 is 34.1 Å². The summed E-state index contributed by atoms with van der Waals surface area (Å²) in [6, 6.07) is 6.71. The summed E-state index contributed by atoms with van der Waals surface area (Å²) < 4.78 is 38.2. The number of primary amides is 1. The van der Waals surface area contributed by atoms with Crippen molar-refractivity contribution < 1.29 is 27.6 Å². The lowest BCUT2D eigenvalue weighted by Crippen LogP contribution is -2.40. The molecule has 3 rings (SSSR count). The van der Waals surface area contributed by atoms with Gasteiger partial charge in [-0.3, -0.25) is 14.4 Å². The summed E-state index contributed by atoms with van der Waals surface area (Å²) in [4.78, 5) is 37.0. The van der Waals surface area contributed by atoms with Crippen molar-refractivity contribution in [3.8, 4) is 0 Å². The van der Waals surface area contributed by atoms with Gasteiger partial charge in [0, 0.05) is 4.88 Å². The quantitative estimate of drug-likeness (QED) is 0.642. The van der Waals surface area contributed by atoms with E-state index < -0.39 is 36.4 Å². The smallest absolute Gasteiger partial charge is 0.365 e. The number of halogens is 3. The van der Waals surface area contributed by atoms with Gasteiger partial charge in [0.1, 0.15) is 5.00 Å². The molecule has 30 heavy (non-hydrogen) atoms. The van der Waals surface area contributed by atoms with Crippen LogP contribution < -0.4 is 16.4 Å². The lowest BCUT2D eigenvalue weighted by molar-refractivity contribution is -0.174. The number of fused-ring (bicyclic) bond motifs is 1. The SMILES string of the molecule is NC(=O)c1c(NC(=O)CC(NC(=O)C(F)(F)F)c2ccccc2)sc2c1CCCC2. The van der Waals surface area contributed by atoms with Crippen LogP contribution in [0, 0.1) is 0 Å². The second-order valence-corrected chi connectivity index (χ2v) is 8.07. The number of aryl methyl sites for hydroxylation is 1. The van der Waals surface area contributed by atoms with E-state index in [2.05, 4.69) is 5.32 Å². The molecule has 4 N–H and O–H groups in total. The van der Waals surface area contributed by atoms with Gasteiger partial charge in [-0.25, -0.2) is 0 Å². The zero-order chi connectivity index (χ0) is 21.9. The van der Waals surface area contributed by atoms with Crippen LogP contribution in [0.5, 0.6) is 0 Å². The van der Waals surface area contributed by atoms with Crippen molar-refractivity contribution in [1.29, 1.82) is 0 Å². The van der Waals surface area contributed by atoms with E-state index >= 15 is 0 Å². The molecule has 1 aliphatic carbocycles. The van der Waals surface area contributed by atoms with Crippen molar-refractivity contribution in [1.82, 2.24) is 5.32 Å². The number of nitrogens with one attached hydrogen (secondary N) is 2. The molecule has 1 unspecified atom stereocenters. The number of benzene rings is 1. The molecule has 10 heteroatoms. The van der Waals surface area contributed by atoms with Gasteiger partial charge in [0.05, 0.1) is 18.0 Å². The number of amides is 3. The Balaban J connectivity index is 1.81. The van der Waals surface area contributed by atoms with Crippen LogP contribution in [-0.4, -0.2) is 23.9 Å². The third-order valence-corrected chi connectivity index (χ3v) is 6.03. The number of anilines is 1. The Bertz CT molecular complexity index is 957. The first-order valence-electron chi connectivity index (χ1n) is 9.33. The summed E-state index contributed by atoms with van der Waals surface area (Å²) in [6.45, 7) is 0. The van der Waals surface area contributed by atoms with Crippen LogP contribution in [0.3, 0.4) is 0 Å². The van der Waals surface area contributed by atoms with Gasteiger partial charge >= 0.3 is 12.1 Å². The molecule has 2 aromatic rings. The van der Waals surface area contributed by atoms with E-state index in [1.165, 1.54) is 23.5 Å². The molecule has 0 aliphatic heterocycles. The van der Waals surface area contributed by atoms with Gasteiger partial charge in [0.25, 0.3) is 5.91 Å². The van der Waals surface area contributed by atoms with E-state index in [9.17, 15) is 27.6 Å². The first-order valence-corrected chi connectivity index (χ1v) is 10.1. The minimum Gasteiger partial charge on any atom is -0.365 e. The first kappa shape index (κ1) is 21.8. The molecule has 0 fully saturated rings. The van der Waals surface area contributed by atoms with Gasteiger partial charge in [0.2, 0.25) is 5.91 Å². The average molecular weight is 439 g/mol. The van der Waals surface area contributed by atoms with Gasteiger partial charge in [-0.2, -0.15) is 13.2 Å². The molecule has 1 aromatic heterocycles. The molecule has 1 heterocycles. The number of nitrogens with two attached hydrogens (primary N) is 1. The topological polar surface area (TPSA) is 101 Å². The van der Waals surface area contributed by atoms with E-state index in [4.69, 9.17) is 5.73 Å². The molecule has 0 radical (unpaired) electrons. The molecule has 0 saturated carbocycles. The van der Waals surface area contributed by atoms with E-state index in [-0.39, 0.29) is 5.56 Å². The van der Waals surface area contributed by atoms with E-state index in [0.717, 1.165) is 29.7 Å². The predicted octanol–water partition coefficient (Wildman–Crippen LogP) is 3.47. The third-order valence-electron chi connectivity index (χ3n) is 4.82. The Labute approximate surface area is 174 Å². The summed E-state index contributed by atoms with van der Waals surface area (Å²) in [7, 11) is 0. The van der Waals surface area contributed by atoms with Crippen molar-refractivity contribution in [2.24, 2.45) is 5.73 Å². The van der Waals surface area contributed by atoms with Gasteiger partial charge in [-0.1, -0.05) is 30.3 Å². The van der Waals surface area contributed by atoms with Gasteiger partial charge in [0.15, 0.2) is 0 Å². The fourth-order valence-electron chi connectivity index (χ4n) is 3.46. The van der Waals surface area contributed by atoms with Crippen molar-refractivity contribution in [3.05, 3.63) is 51.9 Å². The lowest BCUT2D eigenvalue weighted by atomic mass is 9.95. The summed E-state index contributed by atoms with van der Waals surface area (Å²) in [5.41, 5.74) is 6.95. The second kappa shape index (κ2) is 8.86. The Hall–Kier alpha value is -2.88. The fraction of sp³-hybridized carbons (Fsp3) is 0.350. The molecule has 1 atom stereocenters. The normalized spacial score (nSPS) is 14.5. The van der Waals surface area contributed by atoms with Crippen LogP contribution in [0.15, 0.2) is 30.3 Å². The third kappa shape index (κ3) is 4.99. The van der Waals surface area contributed by atoms with E-state index in [0.29, 0.717) is 17.0 Å². The van der Waals surface area contributed by atoms with Crippen LogP contribution in [0.25, 0.3) is 0 Å². The lowest BCUT2D eigenvalue weighted by Gasteiger charge is -2.20. The maximum absolute atomic E-state index is 12.7. The van der Waals surface area contributed by atoms with Crippen LogP contribution in [0.4, 0.5) is 18.2 Å². The number of hydrogen-bond donors (Lipinski definition) is 3. The highest BCUT2D eigenvalue weighted by Crippen LogP contribution is 2.38. The highest BCUT2D eigenvalue weighted by molar-refractivity contribution is 7.17. The molecule has 0 bridgehead atoms. The molecule has 1 aliphatic rings. The summed E-state index contributed by atoms with van der Waals surface area (Å²) >= 11 is 1.26. The predicted molar refractivity (Wildman–Crippen MR) is 106 cm³/mol. The van der Waals surface area contributed by atoms with Crippen LogP contribution in [-0.2, 0) is 22.4 Å². The van der Waals surface area contributed by atoms with Gasteiger partial charge < -0.3 is 16.4 Å². The fourth-order valence-corrected chi connectivity index (χ4v) is 4.77. The zero-order valence-electron chi connectivity index (χ0n) is 15.8. The minimum absolute atomic E-state index is 0.263. The Morgan fingerprint density at radius 3 is 2.40 bits per heavy atom. The zero-order valence-corrected chi connectivity index (χ0v) is 16.7. The summed E-state index contributed by atoms with van der Waals surface area (Å²) in [6.07, 6.45) is -2.16. The molecule has 1 aromatic carbocycles. The molecular formula is C20H20F3N3O3S. The first-order chi connectivity index (χ1) is 14.2. The van der Waals surface area contributed by atoms with Crippen molar-refractivity contribution in [3.63, 3.8) is 0 Å². The molecule has 0 spiro atoms. The summed E-state index contributed by atoms with van der Waals surface area (Å²) in [5.74, 6) is -3.42. The Morgan fingerprint density at radius 2 is 1.77 bits per heavy atom. The van der Waals surface area contributed by atoms with E-state index in [1.54, 1.807) is 18.2 Å². The molecule has 6 nitrogen and oxygen atoms in total. The van der Waals surface area contributed by atoms with Crippen molar-refractivity contribution in [2.75, 3.05) is 5.32 Å². The Kier molecular flexibility index (Phi) is 6.45. The average Bonchev–Trinajstić information content (AvgIpc) is 3.05. The second-order valence-electron chi connectivity index (χ2n) is 6.97. The molecule has 3 amide bonds. The van der Waals surface area contributed by atoms with Gasteiger partial charge in [-0.05, 0) is 36.8 Å². The number of alkyl halides is 3. The number of hydrogen-bond acceptors (Lipinski definition) is 4. The summed E-state index contributed by atoms with van der Waals surface area (Å²) in [5, 5.41) is 4.77. The number of rotatable bonds is 6. The van der Waals surface area contributed by atoms with Crippen LogP contribution in [0.1, 0.15) is 51.7 Å². The highest BCUT2D eigenvalue weighted by Gasteiger charge is 2.40. The molecular weight excluding hydrogens is 419 g/mol. The largest absolute Gasteiger partial charge is 0.471 e. The highest BCUT2D eigenvalue weighted by atomic mass is 32.1. The van der Waals surface area contributed by atoms with Crippen LogP contribution >= 0.6 is 11.3 Å². The molecule has 160 valence electrons. The number of thiophene rings is 1. The van der Waals surface area contributed by atoms with Crippen LogP contribution in [0.2, 0.25) is 0 Å². The van der Waals surface area contributed by atoms with E-state index in [1.807, 2.05) is 5.32 Å². The number of carbonyl (C=O) groups excluding carboxylic acids is 3. The Morgan fingerprint density at radius 1 is 1.10 bits per heavy atom. The monoisotopic (exact) mass is 439 g/mol. The standard InChI is InChI=1S/C20H20F3N3O3S/c21-20(22,23)19(29)25-13(11-6-2-1-3-7-11)10-15(27)26-18-16(17(24)28)12-8-4-5-9-14(12)30-18/h1-3,6-7,13H,4-5,8-10H2,(H2,24,28)(H,25,29)(H,26,27). The molecule has 0 saturated heterocycles. The maximum atomic E-state index is 12.7. The van der Waals surface area contributed by atoms with Crippen molar-refractivity contribution in [2.45, 2.75) is 44.3 Å².